The van der Waals surface area contributed by atoms with Gasteiger partial charge in [-0.1, -0.05) is 22.0 Å². The highest BCUT2D eigenvalue weighted by molar-refractivity contribution is 9.10. The van der Waals surface area contributed by atoms with Crippen LogP contribution in [0.1, 0.15) is 5.82 Å². The summed E-state index contributed by atoms with van der Waals surface area (Å²) >= 11 is 3.54. The number of halogens is 1. The predicted octanol–water partition coefficient (Wildman–Crippen LogP) is 3.29. The van der Waals surface area contributed by atoms with Gasteiger partial charge in [0.25, 0.3) is 0 Å². The number of imidazole rings is 1. The molecule has 0 bridgehead atoms. The minimum Gasteiger partial charge on any atom is -0.383 e. The molecule has 0 aliphatic carbocycles. The predicted molar refractivity (Wildman–Crippen MR) is 80.8 cm³/mol. The Morgan fingerprint density at radius 3 is 2.74 bits per heavy atom. The van der Waals surface area contributed by atoms with E-state index in [1.54, 1.807) is 6.20 Å². The van der Waals surface area contributed by atoms with E-state index in [0.29, 0.717) is 5.82 Å². The van der Waals surface area contributed by atoms with Gasteiger partial charge in [-0.25, -0.2) is 4.98 Å². The molecule has 5 heteroatoms. The zero-order valence-corrected chi connectivity index (χ0v) is 12.3. The van der Waals surface area contributed by atoms with E-state index in [1.807, 2.05) is 42.8 Å². The van der Waals surface area contributed by atoms with Crippen molar-refractivity contribution in [1.29, 1.82) is 0 Å². The van der Waals surface area contributed by atoms with Crippen molar-refractivity contribution in [3.8, 4) is 11.3 Å². The van der Waals surface area contributed by atoms with Gasteiger partial charge in [0.05, 0.1) is 5.52 Å². The first kappa shape index (κ1) is 12.2. The number of fused-ring (bicyclic) bond motifs is 1. The molecule has 0 aliphatic rings. The molecule has 2 heterocycles. The Morgan fingerprint density at radius 2 is 2.05 bits per heavy atom. The fraction of sp³-hybridized carbons (Fsp3) is 0.143. The average Bonchev–Trinajstić information content (AvgIpc) is 2.67. The van der Waals surface area contributed by atoms with Crippen LogP contribution in [-0.4, -0.2) is 14.5 Å². The summed E-state index contributed by atoms with van der Waals surface area (Å²) in [5, 5.41) is 1.06. The lowest BCUT2D eigenvalue weighted by Gasteiger charge is -2.06. The first-order valence-corrected chi connectivity index (χ1v) is 6.71. The van der Waals surface area contributed by atoms with Gasteiger partial charge in [0.15, 0.2) is 0 Å². The average molecular weight is 317 g/mol. The zero-order chi connectivity index (χ0) is 13.6. The van der Waals surface area contributed by atoms with Gasteiger partial charge in [-0.15, -0.1) is 0 Å². The molecule has 1 aromatic carbocycles. The van der Waals surface area contributed by atoms with Crippen LogP contribution in [0.3, 0.4) is 0 Å². The van der Waals surface area contributed by atoms with Crippen LogP contribution in [0.4, 0.5) is 5.82 Å². The SMILES string of the molecule is Cc1nc(-c2ccc(Br)c3cccnc23)c(N)n1C. The van der Waals surface area contributed by atoms with Gasteiger partial charge in [-0.3, -0.25) is 4.98 Å². The molecule has 0 amide bonds. The Kier molecular flexibility index (Phi) is 2.78. The first-order valence-electron chi connectivity index (χ1n) is 5.92. The number of benzene rings is 1. The molecule has 0 atom stereocenters. The fourth-order valence-corrected chi connectivity index (χ4v) is 2.61. The standard InChI is InChI=1S/C14H13BrN4/c1-8-18-13(14(16)19(8)2)10-5-6-11(15)9-4-3-7-17-12(9)10/h3-7H,16H2,1-2H3. The Morgan fingerprint density at radius 1 is 1.26 bits per heavy atom. The summed E-state index contributed by atoms with van der Waals surface area (Å²) < 4.78 is 2.90. The summed E-state index contributed by atoms with van der Waals surface area (Å²) in [5.41, 5.74) is 8.78. The minimum atomic E-state index is 0.659. The molecular formula is C14H13BrN4. The third-order valence-electron chi connectivity index (χ3n) is 3.33. The van der Waals surface area contributed by atoms with Crippen molar-refractivity contribution in [3.63, 3.8) is 0 Å². The van der Waals surface area contributed by atoms with Crippen molar-refractivity contribution in [2.24, 2.45) is 7.05 Å². The smallest absolute Gasteiger partial charge is 0.131 e. The van der Waals surface area contributed by atoms with E-state index >= 15 is 0 Å². The van der Waals surface area contributed by atoms with Gasteiger partial charge < -0.3 is 10.3 Å². The molecular weight excluding hydrogens is 304 g/mol. The zero-order valence-electron chi connectivity index (χ0n) is 10.7. The van der Waals surface area contributed by atoms with Crippen LogP contribution in [0.5, 0.6) is 0 Å². The van der Waals surface area contributed by atoms with E-state index in [2.05, 4.69) is 25.9 Å². The molecule has 0 saturated heterocycles. The number of nitrogen functional groups attached to an aromatic ring is 1. The van der Waals surface area contributed by atoms with E-state index < -0.39 is 0 Å². The molecule has 19 heavy (non-hydrogen) atoms. The van der Waals surface area contributed by atoms with E-state index in [-0.39, 0.29) is 0 Å². The molecule has 0 radical (unpaired) electrons. The summed E-state index contributed by atoms with van der Waals surface area (Å²) in [4.78, 5) is 9.01. The highest BCUT2D eigenvalue weighted by Gasteiger charge is 2.15. The van der Waals surface area contributed by atoms with Crippen LogP contribution in [0.2, 0.25) is 0 Å². The molecule has 2 aromatic heterocycles. The summed E-state index contributed by atoms with van der Waals surface area (Å²) in [6.07, 6.45) is 1.78. The number of nitrogens with two attached hydrogens (primary N) is 1. The summed E-state index contributed by atoms with van der Waals surface area (Å²) in [5.74, 6) is 1.55. The Labute approximate surface area is 119 Å². The molecule has 96 valence electrons. The van der Waals surface area contributed by atoms with Crippen LogP contribution < -0.4 is 5.73 Å². The van der Waals surface area contributed by atoms with Crippen molar-refractivity contribution in [2.75, 3.05) is 5.73 Å². The van der Waals surface area contributed by atoms with Gasteiger partial charge in [0, 0.05) is 28.7 Å². The second-order valence-corrected chi connectivity index (χ2v) is 5.30. The van der Waals surface area contributed by atoms with Gasteiger partial charge >= 0.3 is 0 Å². The lowest BCUT2D eigenvalue weighted by Crippen LogP contribution is -1.98. The second kappa shape index (κ2) is 4.35. The van der Waals surface area contributed by atoms with Crippen LogP contribution in [0, 0.1) is 6.92 Å². The van der Waals surface area contributed by atoms with E-state index in [0.717, 1.165) is 32.5 Å². The van der Waals surface area contributed by atoms with Crippen LogP contribution >= 0.6 is 15.9 Å². The molecule has 0 fully saturated rings. The monoisotopic (exact) mass is 316 g/mol. The van der Waals surface area contributed by atoms with Crippen molar-refractivity contribution in [2.45, 2.75) is 6.92 Å². The Bertz CT molecular complexity index is 776. The molecule has 3 aromatic rings. The van der Waals surface area contributed by atoms with Gasteiger partial charge in [-0.05, 0) is 25.1 Å². The number of aryl methyl sites for hydroxylation is 1. The third kappa shape index (κ3) is 1.81. The molecule has 3 rings (SSSR count). The topological polar surface area (TPSA) is 56.7 Å². The fourth-order valence-electron chi connectivity index (χ4n) is 2.15. The van der Waals surface area contributed by atoms with Crippen molar-refractivity contribution < 1.29 is 0 Å². The normalized spacial score (nSPS) is 11.1. The quantitative estimate of drug-likeness (QED) is 0.749. The number of rotatable bonds is 1. The van der Waals surface area contributed by atoms with Crippen molar-refractivity contribution >= 4 is 32.7 Å². The largest absolute Gasteiger partial charge is 0.383 e. The number of hydrogen-bond acceptors (Lipinski definition) is 3. The molecule has 0 unspecified atom stereocenters. The molecule has 4 nitrogen and oxygen atoms in total. The number of anilines is 1. The number of hydrogen-bond donors (Lipinski definition) is 1. The maximum atomic E-state index is 6.13. The first-order chi connectivity index (χ1) is 9.09. The van der Waals surface area contributed by atoms with E-state index in [9.17, 15) is 0 Å². The molecule has 0 saturated carbocycles. The maximum absolute atomic E-state index is 6.13. The molecule has 0 spiro atoms. The number of pyridine rings is 1. The number of nitrogens with zero attached hydrogens (tertiary/aromatic N) is 3. The molecule has 2 N–H and O–H groups in total. The summed E-state index contributed by atoms with van der Waals surface area (Å²) in [6, 6.07) is 7.95. The highest BCUT2D eigenvalue weighted by atomic mass is 79.9. The Balaban J connectivity index is 2.37. The summed E-state index contributed by atoms with van der Waals surface area (Å²) in [6.45, 7) is 1.94. The minimum absolute atomic E-state index is 0.659. The third-order valence-corrected chi connectivity index (χ3v) is 4.03. The Hall–Kier alpha value is -1.88. The van der Waals surface area contributed by atoms with Crippen LogP contribution in [-0.2, 0) is 7.05 Å². The lowest BCUT2D eigenvalue weighted by molar-refractivity contribution is 0.868. The second-order valence-electron chi connectivity index (χ2n) is 4.45. The van der Waals surface area contributed by atoms with Gasteiger partial charge in [0.2, 0.25) is 0 Å². The van der Waals surface area contributed by atoms with Crippen molar-refractivity contribution in [3.05, 3.63) is 40.8 Å². The van der Waals surface area contributed by atoms with Gasteiger partial charge in [0.1, 0.15) is 17.3 Å². The van der Waals surface area contributed by atoms with Crippen LogP contribution in [0.15, 0.2) is 34.9 Å². The number of aromatic nitrogens is 3. The molecule has 0 aliphatic heterocycles. The lowest BCUT2D eigenvalue weighted by atomic mass is 10.1. The van der Waals surface area contributed by atoms with E-state index in [1.165, 1.54) is 0 Å². The van der Waals surface area contributed by atoms with Gasteiger partial charge in [-0.2, -0.15) is 0 Å². The highest BCUT2D eigenvalue weighted by Crippen LogP contribution is 2.34. The van der Waals surface area contributed by atoms with Crippen LogP contribution in [0.25, 0.3) is 22.2 Å². The van der Waals surface area contributed by atoms with E-state index in [4.69, 9.17) is 5.73 Å². The summed E-state index contributed by atoms with van der Waals surface area (Å²) in [7, 11) is 1.91. The maximum Gasteiger partial charge on any atom is 0.131 e. The van der Waals surface area contributed by atoms with Crippen molar-refractivity contribution in [1.82, 2.24) is 14.5 Å².